The molecule has 4 aliphatic heterocycles. The van der Waals surface area contributed by atoms with Crippen molar-refractivity contribution in [3.05, 3.63) is 237 Å². The molecule has 0 saturated carbocycles. The van der Waals surface area contributed by atoms with Crippen molar-refractivity contribution < 1.29 is 38.1 Å². The van der Waals surface area contributed by atoms with Gasteiger partial charge < -0.3 is 74.5 Å². The Morgan fingerprint density at radius 2 is 0.568 bits per heavy atom. The second-order valence-electron chi connectivity index (χ2n) is 40.3. The average Bonchev–Trinajstić information content (AvgIpc) is 1.64. The van der Waals surface area contributed by atoms with Crippen LogP contribution in [-0.4, -0.2) is 216 Å². The highest BCUT2D eigenvalue weighted by Gasteiger charge is 2.38. The first kappa shape index (κ1) is 104. The Labute approximate surface area is 873 Å². The number of nitriles is 4. The maximum atomic E-state index is 13.0. The second kappa shape index (κ2) is 46.8. The van der Waals surface area contributed by atoms with Crippen molar-refractivity contribution >= 4 is 69.5 Å². The Morgan fingerprint density at radius 1 is 0.329 bits per heavy atom. The van der Waals surface area contributed by atoms with Crippen LogP contribution in [0.25, 0.3) is 84.0 Å². The number of benzene rings is 8. The van der Waals surface area contributed by atoms with Crippen LogP contribution in [0.1, 0.15) is 211 Å². The molecule has 7 atom stereocenters. The van der Waals surface area contributed by atoms with Crippen molar-refractivity contribution in [2.45, 2.75) is 212 Å². The van der Waals surface area contributed by atoms with Crippen LogP contribution in [0, 0.1) is 45.3 Å². The van der Waals surface area contributed by atoms with E-state index >= 15 is 0 Å². The number of urea groups is 4. The highest BCUT2D eigenvalue weighted by Crippen LogP contribution is 2.48. The highest BCUT2D eigenvalue weighted by atomic mass is 32.1. The fourth-order valence-corrected chi connectivity index (χ4v) is 24.7. The van der Waals surface area contributed by atoms with E-state index in [1.165, 1.54) is 73.2 Å². The third kappa shape index (κ3) is 24.0. The predicted octanol–water partition coefficient (Wildman–Crippen LogP) is 22.7. The summed E-state index contributed by atoms with van der Waals surface area (Å²) in [6, 6.07) is 58.6. The normalized spacial score (nSPS) is 18.4. The minimum atomic E-state index is 0.00325. The molecular weight excluding hydrogens is 1900 g/mol. The molecule has 8 heterocycles. The average molecular weight is 2030 g/mol. The van der Waals surface area contributed by atoms with Crippen molar-refractivity contribution in [2.24, 2.45) is 0 Å². The van der Waals surface area contributed by atoms with Crippen LogP contribution in [0.15, 0.2) is 170 Å². The van der Waals surface area contributed by atoms with E-state index in [0.717, 1.165) is 198 Å². The molecule has 31 heteroatoms. The molecule has 8 amide bonds. The monoisotopic (exact) mass is 2030 g/mol. The molecule has 8 aromatic carbocycles. The number of hydrogen-bond acceptors (Lipinski definition) is 23. The number of nitrogens with zero attached hydrogens (tertiary/aromatic N) is 15. The largest absolute Gasteiger partial charge is 0.490 e. The Kier molecular flexibility index (Phi) is 33.3. The maximum Gasteiger partial charge on any atom is 0.317 e. The number of likely N-dealkylation sites (N-methyl/N-ethyl adjacent to an activating group) is 3. The second-order valence-corrected chi connectivity index (χ2v) is 44.5. The molecule has 0 spiro atoms. The van der Waals surface area contributed by atoms with Crippen LogP contribution in [-0.2, 0) is 25.7 Å². The first-order valence-corrected chi connectivity index (χ1v) is 54.2. The molecule has 756 valence electrons. The van der Waals surface area contributed by atoms with Crippen LogP contribution in [0.3, 0.4) is 0 Å². The minimum absolute atomic E-state index is 0.00325. The number of likely N-dealkylation sites (tertiary alicyclic amines) is 4. The van der Waals surface area contributed by atoms with E-state index in [-0.39, 0.29) is 72.7 Å². The summed E-state index contributed by atoms with van der Waals surface area (Å²) in [6.45, 7) is 22.0. The maximum absolute atomic E-state index is 13.0. The van der Waals surface area contributed by atoms with Gasteiger partial charge in [-0.1, -0.05) is 72.8 Å². The molecule has 0 unspecified atom stereocenters. The number of hydrogen-bond donors (Lipinski definition) is 4. The molecule has 27 nitrogen and oxygen atoms in total. The molecular formula is C115H129N19O8S4. The number of piperidine rings is 1. The van der Waals surface area contributed by atoms with Gasteiger partial charge in [-0.25, -0.2) is 39.1 Å². The quantitative estimate of drug-likeness (QED) is 0.0462. The predicted molar refractivity (Wildman–Crippen MR) is 579 cm³/mol. The molecule has 8 aliphatic rings. The molecule has 0 radical (unpaired) electrons. The fourth-order valence-electron chi connectivity index (χ4n) is 20.8. The number of aromatic nitrogens is 4. The van der Waals surface area contributed by atoms with E-state index in [2.05, 4.69) is 195 Å². The molecule has 4 saturated heterocycles. The third-order valence-electron chi connectivity index (χ3n) is 28.4. The third-order valence-corrected chi connectivity index (χ3v) is 32.7. The number of carbonyl (C=O) groups is 4. The summed E-state index contributed by atoms with van der Waals surface area (Å²) >= 11 is 6.49. The Balaban J connectivity index is 0.000000133. The Bertz CT molecular complexity index is 6440. The first-order chi connectivity index (χ1) is 70.5. The SMILES string of the molecule is CC(C)Oc1ccc(-c2ncc(-c3cccc4c3CC[C@@H]4NC(=O)N3CC[C@@H](N(C)C)C3)s2)cc1C#N.CC(C)Oc1ccc(-c2ncc(-c3cccc4c3CC[C@@H]4NC(=O)N3CC[C@H](N(C)C)C3)s2)cc1C#N.CC(C)Oc1ccc(-c2ncc(-c3cccc4c3CC[C@H]4NC(=O)N3CCCCC3)s2)cc1C#N.CC(C)Oc1ccc(-c2ncc(-c3cccc4c3CC[C@H]4NC(=O)N3CC[C@@H](N(C)C)C3)s2)cc1C#N. The summed E-state index contributed by atoms with van der Waals surface area (Å²) in [5, 5.41) is 55.0. The van der Waals surface area contributed by atoms with E-state index in [1.807, 2.05) is 173 Å². The van der Waals surface area contributed by atoms with Gasteiger partial charge in [0.05, 0.1) is 90.3 Å². The topological polar surface area (TPSA) is 323 Å². The zero-order valence-electron chi connectivity index (χ0n) is 85.7. The van der Waals surface area contributed by atoms with Gasteiger partial charge >= 0.3 is 24.1 Å². The minimum Gasteiger partial charge on any atom is -0.490 e. The molecule has 4 aliphatic carbocycles. The molecule has 146 heavy (non-hydrogen) atoms. The van der Waals surface area contributed by atoms with Gasteiger partial charge in [0.15, 0.2) is 0 Å². The smallest absolute Gasteiger partial charge is 0.317 e. The lowest BCUT2D eigenvalue weighted by Crippen LogP contribution is -2.43. The first-order valence-electron chi connectivity index (χ1n) is 50.9. The lowest BCUT2D eigenvalue weighted by molar-refractivity contribution is 0.182. The van der Waals surface area contributed by atoms with Crippen LogP contribution in [0.5, 0.6) is 23.0 Å². The van der Waals surface area contributed by atoms with Crippen molar-refractivity contribution in [3.8, 4) is 131 Å². The number of fused-ring (bicyclic) bond motifs is 4. The molecule has 0 bridgehead atoms. The van der Waals surface area contributed by atoms with E-state index in [4.69, 9.17) is 18.9 Å². The van der Waals surface area contributed by atoms with Gasteiger partial charge in [-0.3, -0.25) is 0 Å². The standard InChI is InChI=1S/3C29H33N5O2S.C28H30N4O2S/c3*1-18(2)36-26-11-8-19(14-20(26)15-30)28-31-16-27(37-28)24-7-5-6-23-22(24)9-10-25(23)32-29(35)34-13-12-21(17-34)33(3)4;1-18(2)34-25-12-9-19(15-20(25)16-29)27-30-17-26(35-27)23-8-6-7-22-21(23)10-11-24(22)31-28(33)32-13-4-3-5-14-32/h3*5-8,11,14,16,18,21,25H,9-10,12-13,17H2,1-4H3,(H,32,35);6-9,12,15,17-18,24H,3-5,10-11,13-14H2,1-2H3,(H,31,33)/t21-,25+;2*21-,25-;24-/m1101/s1. The summed E-state index contributed by atoms with van der Waals surface area (Å²) < 4.78 is 23.0. The van der Waals surface area contributed by atoms with Crippen LogP contribution in [0.2, 0.25) is 0 Å². The summed E-state index contributed by atoms with van der Waals surface area (Å²) in [5.41, 5.74) is 20.3. The van der Waals surface area contributed by atoms with Gasteiger partial charge in [-0.15, -0.1) is 45.3 Å². The van der Waals surface area contributed by atoms with Crippen LogP contribution < -0.4 is 40.2 Å². The van der Waals surface area contributed by atoms with Gasteiger partial charge in [0.1, 0.15) is 67.3 Å². The van der Waals surface area contributed by atoms with Crippen LogP contribution in [0.4, 0.5) is 19.2 Å². The number of amides is 8. The summed E-state index contributed by atoms with van der Waals surface area (Å²) in [7, 11) is 12.4. The summed E-state index contributed by atoms with van der Waals surface area (Å²) in [5.74, 6) is 2.39. The molecule has 12 aromatic rings. The van der Waals surface area contributed by atoms with Gasteiger partial charge in [-0.05, 0) is 327 Å². The Hall–Kier alpha value is -13.6. The van der Waals surface area contributed by atoms with Crippen molar-refractivity contribution in [1.29, 1.82) is 21.0 Å². The summed E-state index contributed by atoms with van der Waals surface area (Å²) in [4.78, 5) is 89.2. The lowest BCUT2D eigenvalue weighted by atomic mass is 10.0. The number of thiazole rings is 4. The van der Waals surface area contributed by atoms with E-state index in [0.29, 0.717) is 63.4 Å². The van der Waals surface area contributed by atoms with Crippen molar-refractivity contribution in [3.63, 3.8) is 0 Å². The van der Waals surface area contributed by atoms with Crippen LogP contribution >= 0.6 is 45.3 Å². The lowest BCUT2D eigenvalue weighted by Gasteiger charge is -2.28. The number of nitrogens with one attached hydrogen (secondary N) is 4. The molecule has 4 N–H and O–H groups in total. The summed E-state index contributed by atoms with van der Waals surface area (Å²) in [6.07, 6.45) is 21.4. The molecule has 20 rings (SSSR count). The molecule has 4 aromatic heterocycles. The highest BCUT2D eigenvalue weighted by molar-refractivity contribution is 7.19. The van der Waals surface area contributed by atoms with E-state index < -0.39 is 0 Å². The zero-order chi connectivity index (χ0) is 103. The van der Waals surface area contributed by atoms with Crippen molar-refractivity contribution in [1.82, 2.24) is 75.5 Å². The van der Waals surface area contributed by atoms with Gasteiger partial charge in [0, 0.05) is 118 Å². The Morgan fingerprint density at radius 3 is 0.788 bits per heavy atom. The zero-order valence-corrected chi connectivity index (χ0v) is 88.9. The number of ether oxygens (including phenoxy) is 4. The number of carbonyl (C=O) groups excluding carboxylic acids is 4. The van der Waals surface area contributed by atoms with E-state index in [1.54, 1.807) is 45.3 Å². The molecule has 4 fully saturated rings. The van der Waals surface area contributed by atoms with E-state index in [9.17, 15) is 40.2 Å². The van der Waals surface area contributed by atoms with Gasteiger partial charge in [0.25, 0.3) is 0 Å². The van der Waals surface area contributed by atoms with Gasteiger partial charge in [0.2, 0.25) is 0 Å². The number of rotatable bonds is 23. The van der Waals surface area contributed by atoms with Gasteiger partial charge in [-0.2, -0.15) is 21.0 Å². The van der Waals surface area contributed by atoms with Crippen molar-refractivity contribution in [2.75, 3.05) is 94.6 Å². The fraction of sp³-hybridized carbons (Fsp3) is 0.409.